The molecule has 0 bridgehead atoms. The molecule has 1 N–H and O–H groups in total. The largest absolute Gasteiger partial charge is 0.381 e. The minimum absolute atomic E-state index is 0.424. The van der Waals surface area contributed by atoms with Crippen LogP contribution in [0.5, 0.6) is 0 Å². The number of aryl methyl sites for hydroxylation is 1. The third-order valence-electron chi connectivity index (χ3n) is 3.94. The summed E-state index contributed by atoms with van der Waals surface area (Å²) in [5.41, 5.74) is 4.56. The maximum atomic E-state index is 3.60. The lowest BCUT2D eigenvalue weighted by atomic mass is 10.0. The summed E-state index contributed by atoms with van der Waals surface area (Å²) >= 11 is 0. The lowest BCUT2D eigenvalue weighted by molar-refractivity contribution is 0.537. The van der Waals surface area contributed by atoms with Crippen LogP contribution in [0.1, 0.15) is 32.3 Å². The molecule has 1 aliphatic heterocycles. The van der Waals surface area contributed by atoms with Crippen LogP contribution in [0.25, 0.3) is 0 Å². The first kappa shape index (κ1) is 10.0. The van der Waals surface area contributed by atoms with E-state index in [1.54, 1.807) is 0 Å². The molecule has 0 atom stereocenters. The van der Waals surface area contributed by atoms with Gasteiger partial charge in [0.05, 0.1) is 16.9 Å². The van der Waals surface area contributed by atoms with Gasteiger partial charge in [-0.3, -0.25) is 0 Å². The Labute approximate surface area is 97.6 Å². The molecule has 2 nitrogen and oxygen atoms in total. The van der Waals surface area contributed by atoms with E-state index in [1.165, 1.54) is 29.8 Å². The average molecular weight is 216 g/mol. The molecule has 0 saturated heterocycles. The molecular formula is C14H20N2. The van der Waals surface area contributed by atoms with Gasteiger partial charge in [-0.1, -0.05) is 12.1 Å². The standard InChI is InChI=1S/C14H20N2/c1-10(2)16-13-11(3)5-4-6-12(13)15-9-14(16)7-8-14/h4-6,10,15H,7-9H2,1-3H3. The van der Waals surface area contributed by atoms with E-state index in [1.807, 2.05) is 0 Å². The summed E-state index contributed by atoms with van der Waals surface area (Å²) in [5, 5.41) is 3.60. The zero-order valence-electron chi connectivity index (χ0n) is 10.4. The molecule has 1 heterocycles. The van der Waals surface area contributed by atoms with Crippen LogP contribution in [0, 0.1) is 6.92 Å². The second-order valence-corrected chi connectivity index (χ2v) is 5.51. The number of hydrogen-bond donors (Lipinski definition) is 1. The fraction of sp³-hybridized carbons (Fsp3) is 0.571. The van der Waals surface area contributed by atoms with Crippen LogP contribution in [0.2, 0.25) is 0 Å². The Balaban J connectivity index is 2.14. The van der Waals surface area contributed by atoms with Crippen LogP contribution in [-0.4, -0.2) is 18.1 Å². The average Bonchev–Trinajstić information content (AvgIpc) is 2.99. The second-order valence-electron chi connectivity index (χ2n) is 5.51. The number of anilines is 2. The minimum atomic E-state index is 0.424. The van der Waals surface area contributed by atoms with E-state index in [2.05, 4.69) is 49.2 Å². The van der Waals surface area contributed by atoms with Crippen molar-refractivity contribution in [3.8, 4) is 0 Å². The first-order valence-electron chi connectivity index (χ1n) is 6.27. The molecule has 86 valence electrons. The van der Waals surface area contributed by atoms with E-state index in [0.717, 1.165) is 6.54 Å². The molecule has 0 amide bonds. The third kappa shape index (κ3) is 1.25. The normalized spacial score (nSPS) is 20.9. The maximum absolute atomic E-state index is 3.60. The summed E-state index contributed by atoms with van der Waals surface area (Å²) in [7, 11) is 0. The van der Waals surface area contributed by atoms with Gasteiger partial charge in [-0.15, -0.1) is 0 Å². The van der Waals surface area contributed by atoms with E-state index in [4.69, 9.17) is 0 Å². The van der Waals surface area contributed by atoms with Crippen molar-refractivity contribution in [1.82, 2.24) is 0 Å². The number of nitrogens with one attached hydrogen (secondary N) is 1. The Bertz CT molecular complexity index is 419. The molecule has 1 aromatic carbocycles. The zero-order valence-corrected chi connectivity index (χ0v) is 10.4. The second kappa shape index (κ2) is 3.16. The van der Waals surface area contributed by atoms with Crippen molar-refractivity contribution in [2.24, 2.45) is 0 Å². The molecule has 0 radical (unpaired) electrons. The van der Waals surface area contributed by atoms with Crippen molar-refractivity contribution >= 4 is 11.4 Å². The van der Waals surface area contributed by atoms with Gasteiger partial charge < -0.3 is 10.2 Å². The van der Waals surface area contributed by atoms with Gasteiger partial charge in [-0.2, -0.15) is 0 Å². The highest BCUT2D eigenvalue weighted by Crippen LogP contribution is 2.51. The van der Waals surface area contributed by atoms with Crippen molar-refractivity contribution in [1.29, 1.82) is 0 Å². The highest BCUT2D eigenvalue weighted by atomic mass is 15.3. The van der Waals surface area contributed by atoms with E-state index in [9.17, 15) is 0 Å². The molecule has 1 aromatic rings. The molecule has 1 aliphatic carbocycles. The van der Waals surface area contributed by atoms with Crippen LogP contribution < -0.4 is 10.2 Å². The lowest BCUT2D eigenvalue weighted by Gasteiger charge is -2.44. The predicted octanol–water partition coefficient (Wildman–Crippen LogP) is 3.17. The van der Waals surface area contributed by atoms with Gasteiger partial charge in [-0.25, -0.2) is 0 Å². The fourth-order valence-electron chi connectivity index (χ4n) is 3.07. The summed E-state index contributed by atoms with van der Waals surface area (Å²) < 4.78 is 0. The van der Waals surface area contributed by atoms with Gasteiger partial charge in [0.1, 0.15) is 0 Å². The number of nitrogens with zero attached hydrogens (tertiary/aromatic N) is 1. The van der Waals surface area contributed by atoms with Crippen LogP contribution in [0.15, 0.2) is 18.2 Å². The molecular weight excluding hydrogens is 196 g/mol. The summed E-state index contributed by atoms with van der Waals surface area (Å²) in [5.74, 6) is 0. The summed E-state index contributed by atoms with van der Waals surface area (Å²) in [6, 6.07) is 7.15. The van der Waals surface area contributed by atoms with Gasteiger partial charge >= 0.3 is 0 Å². The third-order valence-corrected chi connectivity index (χ3v) is 3.94. The van der Waals surface area contributed by atoms with Crippen LogP contribution >= 0.6 is 0 Å². The Kier molecular flexibility index (Phi) is 1.97. The molecule has 1 spiro atoms. The van der Waals surface area contributed by atoms with Gasteiger partial charge in [0.25, 0.3) is 0 Å². The molecule has 0 unspecified atom stereocenters. The van der Waals surface area contributed by atoms with Crippen molar-refractivity contribution in [2.45, 2.75) is 45.2 Å². The molecule has 3 rings (SSSR count). The first-order valence-corrected chi connectivity index (χ1v) is 6.27. The smallest absolute Gasteiger partial charge is 0.0639 e. The number of rotatable bonds is 1. The molecule has 1 saturated carbocycles. The monoisotopic (exact) mass is 216 g/mol. The number of hydrogen-bond acceptors (Lipinski definition) is 2. The minimum Gasteiger partial charge on any atom is -0.381 e. The van der Waals surface area contributed by atoms with Gasteiger partial charge in [-0.05, 0) is 45.2 Å². The highest BCUT2D eigenvalue weighted by molar-refractivity contribution is 5.78. The van der Waals surface area contributed by atoms with Crippen LogP contribution in [-0.2, 0) is 0 Å². The Hall–Kier alpha value is -1.18. The summed E-state index contributed by atoms with van der Waals surface area (Å²) in [4.78, 5) is 2.65. The molecule has 0 aromatic heterocycles. The summed E-state index contributed by atoms with van der Waals surface area (Å²) in [6.07, 6.45) is 2.68. The molecule has 2 aliphatic rings. The molecule has 16 heavy (non-hydrogen) atoms. The Morgan fingerprint density at radius 3 is 2.69 bits per heavy atom. The van der Waals surface area contributed by atoms with E-state index < -0.39 is 0 Å². The quantitative estimate of drug-likeness (QED) is 0.775. The van der Waals surface area contributed by atoms with E-state index in [0.29, 0.717) is 11.6 Å². The fourth-order valence-corrected chi connectivity index (χ4v) is 3.07. The predicted molar refractivity (Wildman–Crippen MR) is 69.2 cm³/mol. The molecule has 2 heteroatoms. The van der Waals surface area contributed by atoms with E-state index >= 15 is 0 Å². The van der Waals surface area contributed by atoms with Crippen molar-refractivity contribution in [3.05, 3.63) is 23.8 Å². The Morgan fingerprint density at radius 2 is 2.06 bits per heavy atom. The Morgan fingerprint density at radius 1 is 1.31 bits per heavy atom. The van der Waals surface area contributed by atoms with Crippen LogP contribution in [0.4, 0.5) is 11.4 Å². The molecule has 1 fully saturated rings. The SMILES string of the molecule is Cc1cccc2c1N(C(C)C)C1(CC1)CN2. The highest BCUT2D eigenvalue weighted by Gasteiger charge is 2.51. The number of fused-ring (bicyclic) bond motifs is 1. The first-order chi connectivity index (χ1) is 7.64. The van der Waals surface area contributed by atoms with Gasteiger partial charge in [0, 0.05) is 12.6 Å². The number of benzene rings is 1. The van der Waals surface area contributed by atoms with Crippen molar-refractivity contribution in [3.63, 3.8) is 0 Å². The van der Waals surface area contributed by atoms with Crippen LogP contribution in [0.3, 0.4) is 0 Å². The lowest BCUT2D eigenvalue weighted by Crippen LogP contribution is -2.50. The van der Waals surface area contributed by atoms with Crippen molar-refractivity contribution < 1.29 is 0 Å². The number of para-hydroxylation sites is 1. The van der Waals surface area contributed by atoms with E-state index in [-0.39, 0.29) is 0 Å². The zero-order chi connectivity index (χ0) is 11.3. The van der Waals surface area contributed by atoms with Gasteiger partial charge in [0.15, 0.2) is 0 Å². The topological polar surface area (TPSA) is 15.3 Å². The maximum Gasteiger partial charge on any atom is 0.0639 e. The van der Waals surface area contributed by atoms with Gasteiger partial charge in [0.2, 0.25) is 0 Å². The summed E-state index contributed by atoms with van der Waals surface area (Å²) in [6.45, 7) is 7.95. The van der Waals surface area contributed by atoms with Crippen molar-refractivity contribution in [2.75, 3.05) is 16.8 Å².